The van der Waals surface area contributed by atoms with Crippen LogP contribution in [-0.4, -0.2) is 95.1 Å². The van der Waals surface area contributed by atoms with Crippen LogP contribution in [0.2, 0.25) is 0 Å². The van der Waals surface area contributed by atoms with Crippen LogP contribution in [0.5, 0.6) is 0 Å². The number of sulfonamides is 1. The Morgan fingerprint density at radius 2 is 2.03 bits per heavy atom. The van der Waals surface area contributed by atoms with E-state index in [1.807, 2.05) is 20.0 Å². The molecule has 2 aliphatic heterocycles. The number of alkyl halides is 1. The Balaban J connectivity index is 1.57. The minimum absolute atomic E-state index is 0.0756. The van der Waals surface area contributed by atoms with E-state index in [1.54, 1.807) is 6.20 Å². The van der Waals surface area contributed by atoms with Crippen molar-refractivity contribution in [3.05, 3.63) is 18.0 Å². The second-order valence-corrected chi connectivity index (χ2v) is 10.5. The molecular formula is C19H29FN6O3S. The van der Waals surface area contributed by atoms with E-state index in [1.165, 1.54) is 0 Å². The van der Waals surface area contributed by atoms with E-state index >= 15 is 0 Å². The van der Waals surface area contributed by atoms with Gasteiger partial charge in [0, 0.05) is 43.5 Å². The SMILES string of the molecule is Cc1cc2cnc(N[C@@H]3CCN(S(C)(=O)=O)C[C@H]3F)nc2n1[C@@H]1CCN(C)C[C@@H]1O. The van der Waals surface area contributed by atoms with E-state index in [0.717, 1.165) is 34.6 Å². The molecule has 0 bridgehead atoms. The number of likely N-dealkylation sites (N-methyl/N-ethyl adjacent to an activating group) is 1. The molecule has 0 saturated carbocycles. The van der Waals surface area contributed by atoms with Gasteiger partial charge in [-0.3, -0.25) is 0 Å². The van der Waals surface area contributed by atoms with Crippen molar-refractivity contribution in [2.45, 2.75) is 44.1 Å². The summed E-state index contributed by atoms with van der Waals surface area (Å²) in [7, 11) is -1.41. The molecule has 2 fully saturated rings. The molecule has 2 saturated heterocycles. The van der Waals surface area contributed by atoms with Gasteiger partial charge in [-0.15, -0.1) is 0 Å². The van der Waals surface area contributed by atoms with Crippen molar-refractivity contribution in [3.63, 3.8) is 0 Å². The zero-order valence-electron chi connectivity index (χ0n) is 17.5. The van der Waals surface area contributed by atoms with Crippen molar-refractivity contribution in [1.82, 2.24) is 23.7 Å². The molecule has 4 rings (SSSR count). The number of piperidine rings is 2. The van der Waals surface area contributed by atoms with Crippen LogP contribution in [0, 0.1) is 6.92 Å². The summed E-state index contributed by atoms with van der Waals surface area (Å²) in [5.74, 6) is 0.310. The molecule has 2 aromatic rings. The predicted octanol–water partition coefficient (Wildman–Crippen LogP) is 0.761. The smallest absolute Gasteiger partial charge is 0.224 e. The summed E-state index contributed by atoms with van der Waals surface area (Å²) < 4.78 is 41.2. The lowest BCUT2D eigenvalue weighted by molar-refractivity contribution is 0.0388. The van der Waals surface area contributed by atoms with Gasteiger partial charge in [0.1, 0.15) is 11.8 Å². The zero-order valence-corrected chi connectivity index (χ0v) is 18.3. The average Bonchev–Trinajstić information content (AvgIpc) is 2.98. The summed E-state index contributed by atoms with van der Waals surface area (Å²) in [6, 6.07) is 1.36. The van der Waals surface area contributed by atoms with Crippen LogP contribution in [0.1, 0.15) is 24.6 Å². The summed E-state index contributed by atoms with van der Waals surface area (Å²) in [5, 5.41) is 14.5. The number of aliphatic hydroxyl groups excluding tert-OH is 1. The maximum atomic E-state index is 14.6. The van der Waals surface area contributed by atoms with Gasteiger partial charge in [0.2, 0.25) is 16.0 Å². The number of rotatable bonds is 4. The van der Waals surface area contributed by atoms with Crippen LogP contribution in [0.15, 0.2) is 12.3 Å². The minimum Gasteiger partial charge on any atom is -0.390 e. The molecule has 166 valence electrons. The summed E-state index contributed by atoms with van der Waals surface area (Å²) in [6.45, 7) is 3.56. The largest absolute Gasteiger partial charge is 0.390 e. The van der Waals surface area contributed by atoms with Crippen molar-refractivity contribution in [2.75, 3.05) is 44.8 Å². The Labute approximate surface area is 175 Å². The number of hydrogen-bond acceptors (Lipinski definition) is 7. The monoisotopic (exact) mass is 440 g/mol. The Morgan fingerprint density at radius 3 is 2.70 bits per heavy atom. The van der Waals surface area contributed by atoms with Gasteiger partial charge in [-0.25, -0.2) is 17.8 Å². The molecule has 4 heterocycles. The first kappa shape index (κ1) is 21.4. The van der Waals surface area contributed by atoms with Gasteiger partial charge in [0.15, 0.2) is 0 Å². The first-order valence-corrected chi connectivity index (χ1v) is 12.0. The molecule has 0 radical (unpaired) electrons. The fourth-order valence-corrected chi connectivity index (χ4v) is 5.36. The third kappa shape index (κ3) is 4.16. The number of fused-ring (bicyclic) bond motifs is 1. The number of aliphatic hydroxyl groups is 1. The van der Waals surface area contributed by atoms with Crippen LogP contribution in [0.25, 0.3) is 11.0 Å². The first-order chi connectivity index (χ1) is 14.1. The molecule has 2 N–H and O–H groups in total. The molecule has 11 heteroatoms. The summed E-state index contributed by atoms with van der Waals surface area (Å²) in [5.41, 5.74) is 1.71. The molecule has 2 aliphatic rings. The molecule has 4 atom stereocenters. The molecule has 0 spiro atoms. The lowest BCUT2D eigenvalue weighted by atomic mass is 10.0. The summed E-state index contributed by atoms with van der Waals surface area (Å²) in [4.78, 5) is 11.1. The fourth-order valence-electron chi connectivity index (χ4n) is 4.51. The Bertz CT molecular complexity index is 1030. The number of β-amino-alcohol motifs (C(OH)–C–C–N with tert-alkyl or cyclic N) is 1. The Kier molecular flexibility index (Phi) is 5.73. The number of likely N-dealkylation sites (tertiary alicyclic amines) is 1. The van der Waals surface area contributed by atoms with Gasteiger partial charge >= 0.3 is 0 Å². The lowest BCUT2D eigenvalue weighted by Crippen LogP contribution is -2.49. The number of halogens is 1. The molecule has 0 aliphatic carbocycles. The van der Waals surface area contributed by atoms with Gasteiger partial charge < -0.3 is 19.9 Å². The third-order valence-corrected chi connectivity index (χ3v) is 7.41. The number of anilines is 1. The van der Waals surface area contributed by atoms with Crippen LogP contribution in [0.4, 0.5) is 10.3 Å². The van der Waals surface area contributed by atoms with Crippen LogP contribution in [-0.2, 0) is 10.0 Å². The number of hydrogen-bond donors (Lipinski definition) is 2. The van der Waals surface area contributed by atoms with Crippen molar-refractivity contribution in [2.24, 2.45) is 0 Å². The van der Waals surface area contributed by atoms with Crippen molar-refractivity contribution in [1.29, 1.82) is 0 Å². The normalized spacial score (nSPS) is 29.4. The number of aromatic nitrogens is 3. The van der Waals surface area contributed by atoms with E-state index in [4.69, 9.17) is 0 Å². The second kappa shape index (κ2) is 8.03. The maximum Gasteiger partial charge on any atom is 0.224 e. The quantitative estimate of drug-likeness (QED) is 0.723. The highest BCUT2D eigenvalue weighted by Crippen LogP contribution is 2.30. The summed E-state index contributed by atoms with van der Waals surface area (Å²) >= 11 is 0. The molecule has 9 nitrogen and oxygen atoms in total. The van der Waals surface area contributed by atoms with Crippen LogP contribution in [0.3, 0.4) is 0 Å². The van der Waals surface area contributed by atoms with Gasteiger partial charge in [-0.05, 0) is 32.9 Å². The number of aryl methyl sites for hydroxylation is 1. The molecule has 0 amide bonds. The van der Waals surface area contributed by atoms with E-state index < -0.39 is 28.3 Å². The van der Waals surface area contributed by atoms with Crippen LogP contribution < -0.4 is 5.32 Å². The average molecular weight is 441 g/mol. The fraction of sp³-hybridized carbons (Fsp3) is 0.684. The second-order valence-electron chi connectivity index (χ2n) is 8.49. The van der Waals surface area contributed by atoms with Gasteiger partial charge in [-0.2, -0.15) is 9.29 Å². The van der Waals surface area contributed by atoms with Crippen molar-refractivity contribution < 1.29 is 17.9 Å². The minimum atomic E-state index is -3.40. The first-order valence-electron chi connectivity index (χ1n) is 10.2. The zero-order chi connectivity index (χ0) is 21.6. The molecule has 2 aromatic heterocycles. The maximum absolute atomic E-state index is 14.6. The lowest BCUT2D eigenvalue weighted by Gasteiger charge is -2.35. The topological polar surface area (TPSA) is 104 Å². The summed E-state index contributed by atoms with van der Waals surface area (Å²) in [6.07, 6.45) is 2.10. The predicted molar refractivity (Wildman–Crippen MR) is 113 cm³/mol. The van der Waals surface area contributed by atoms with E-state index in [-0.39, 0.29) is 19.1 Å². The molecule has 0 aromatic carbocycles. The standard InChI is InChI=1S/C19H29FN6O3S/c1-12-8-13-9-21-19(22-15-4-7-25(10-14(15)20)30(3,28)29)23-18(13)26(12)16-5-6-24(2)11-17(16)27/h8-9,14-17,27H,4-7,10-11H2,1-3H3,(H,21,22,23)/t14-,15-,16-,17+/m1/s1. The van der Waals surface area contributed by atoms with Crippen LogP contribution >= 0.6 is 0 Å². The highest BCUT2D eigenvalue weighted by molar-refractivity contribution is 7.88. The van der Waals surface area contributed by atoms with Crippen molar-refractivity contribution in [3.8, 4) is 0 Å². The van der Waals surface area contributed by atoms with Gasteiger partial charge in [0.05, 0.1) is 24.4 Å². The van der Waals surface area contributed by atoms with Gasteiger partial charge in [-0.1, -0.05) is 0 Å². The highest BCUT2D eigenvalue weighted by Gasteiger charge is 2.34. The number of nitrogens with one attached hydrogen (secondary N) is 1. The third-order valence-electron chi connectivity index (χ3n) is 6.14. The van der Waals surface area contributed by atoms with Gasteiger partial charge in [0.25, 0.3) is 0 Å². The van der Waals surface area contributed by atoms with E-state index in [9.17, 15) is 17.9 Å². The molecule has 30 heavy (non-hydrogen) atoms. The van der Waals surface area contributed by atoms with E-state index in [0.29, 0.717) is 24.6 Å². The molecular weight excluding hydrogens is 411 g/mol. The molecule has 0 unspecified atom stereocenters. The Morgan fingerprint density at radius 1 is 1.27 bits per heavy atom. The van der Waals surface area contributed by atoms with Crippen molar-refractivity contribution >= 4 is 27.0 Å². The number of nitrogens with zero attached hydrogens (tertiary/aromatic N) is 5. The highest BCUT2D eigenvalue weighted by atomic mass is 32.2. The Hall–Kier alpha value is -1.82. The van der Waals surface area contributed by atoms with E-state index in [2.05, 4.69) is 24.8 Å².